The molecule has 1 aliphatic heterocycles. The Morgan fingerprint density at radius 1 is 1.09 bits per heavy atom. The molecule has 1 atom stereocenters. The van der Waals surface area contributed by atoms with Crippen molar-refractivity contribution in [3.63, 3.8) is 0 Å². The van der Waals surface area contributed by atoms with Crippen molar-refractivity contribution in [1.29, 1.82) is 0 Å². The number of rotatable bonds is 6. The van der Waals surface area contributed by atoms with Crippen molar-refractivity contribution in [1.82, 2.24) is 14.8 Å². The Morgan fingerprint density at radius 3 is 2.35 bits per heavy atom. The van der Waals surface area contributed by atoms with E-state index in [0.29, 0.717) is 17.7 Å². The van der Waals surface area contributed by atoms with Crippen LogP contribution in [0.25, 0.3) is 0 Å². The monoisotopic (exact) mass is 461 g/mol. The molecular weight excluding hydrogens is 430 g/mol. The number of furan rings is 1. The second-order valence-electron chi connectivity index (χ2n) is 10.1. The molecular formula is C27H31N3O4. The predicted octanol–water partition coefficient (Wildman–Crippen LogP) is 4.69. The summed E-state index contributed by atoms with van der Waals surface area (Å²) in [5.41, 5.74) is 2.74. The Kier molecular flexibility index (Phi) is 5.75. The van der Waals surface area contributed by atoms with Crippen LogP contribution in [0, 0.1) is 13.8 Å². The number of carbonyl (C=O) groups is 3. The van der Waals surface area contributed by atoms with Crippen molar-refractivity contribution in [2.45, 2.75) is 59.0 Å². The fraction of sp³-hybridized carbons (Fsp3) is 0.370. The number of hydrogen-bond donors (Lipinski definition) is 1. The smallest absolute Gasteiger partial charge is 0.325 e. The maximum atomic E-state index is 13.3. The number of Topliss-reactive ketones (excluding diaryl/α,β-unsaturated/α-hetero) is 1. The van der Waals surface area contributed by atoms with E-state index in [1.165, 1.54) is 0 Å². The molecule has 1 aromatic carbocycles. The van der Waals surface area contributed by atoms with Crippen LogP contribution in [0.2, 0.25) is 0 Å². The summed E-state index contributed by atoms with van der Waals surface area (Å²) < 4.78 is 7.42. The maximum Gasteiger partial charge on any atom is 0.325 e. The molecule has 0 saturated carbocycles. The molecule has 7 nitrogen and oxygen atoms in total. The summed E-state index contributed by atoms with van der Waals surface area (Å²) >= 11 is 0. The minimum absolute atomic E-state index is 0.0237. The number of ketones is 1. The third-order valence-corrected chi connectivity index (χ3v) is 6.67. The first-order valence-electron chi connectivity index (χ1n) is 11.4. The van der Waals surface area contributed by atoms with Gasteiger partial charge in [-0.25, -0.2) is 4.79 Å². The first-order valence-corrected chi connectivity index (χ1v) is 11.4. The number of nitrogens with one attached hydrogen (secondary N) is 1. The van der Waals surface area contributed by atoms with Crippen LogP contribution in [0.1, 0.15) is 66.3 Å². The molecule has 3 heterocycles. The Morgan fingerprint density at radius 2 is 1.76 bits per heavy atom. The van der Waals surface area contributed by atoms with Crippen molar-refractivity contribution in [3.05, 3.63) is 82.6 Å². The van der Waals surface area contributed by atoms with Gasteiger partial charge in [-0.05, 0) is 55.5 Å². The standard InChI is InChI=1S/C27H31N3O4/c1-17-14-22(18(2)29(17)15-21-8-7-13-34-21)23(31)16-30-24(32)27(6,28-25(30)33)20-11-9-19(10-12-20)26(3,4)5/h7-14H,15-16H2,1-6H3,(H,28,33). The molecule has 0 aliphatic carbocycles. The molecule has 178 valence electrons. The summed E-state index contributed by atoms with van der Waals surface area (Å²) in [7, 11) is 0. The minimum atomic E-state index is -1.22. The van der Waals surface area contributed by atoms with Gasteiger partial charge in [0.1, 0.15) is 11.3 Å². The van der Waals surface area contributed by atoms with Crippen LogP contribution in [-0.2, 0) is 22.3 Å². The summed E-state index contributed by atoms with van der Waals surface area (Å²) in [6.07, 6.45) is 1.61. The molecule has 3 aromatic rings. The normalized spacial score (nSPS) is 18.5. The van der Waals surface area contributed by atoms with Crippen molar-refractivity contribution < 1.29 is 18.8 Å². The Labute approximate surface area is 199 Å². The van der Waals surface area contributed by atoms with E-state index in [1.54, 1.807) is 19.3 Å². The van der Waals surface area contributed by atoms with Gasteiger partial charge in [-0.2, -0.15) is 0 Å². The zero-order valence-electron chi connectivity index (χ0n) is 20.6. The van der Waals surface area contributed by atoms with Gasteiger partial charge in [-0.1, -0.05) is 45.0 Å². The highest BCUT2D eigenvalue weighted by molar-refractivity contribution is 6.11. The van der Waals surface area contributed by atoms with E-state index in [-0.39, 0.29) is 17.7 Å². The molecule has 4 rings (SSSR count). The van der Waals surface area contributed by atoms with Crippen LogP contribution in [-0.4, -0.2) is 33.7 Å². The van der Waals surface area contributed by atoms with Crippen LogP contribution < -0.4 is 5.32 Å². The number of benzene rings is 1. The van der Waals surface area contributed by atoms with Crippen LogP contribution >= 0.6 is 0 Å². The molecule has 1 N–H and O–H groups in total. The second kappa shape index (κ2) is 8.31. The van der Waals surface area contributed by atoms with Crippen molar-refractivity contribution in [2.24, 2.45) is 0 Å². The summed E-state index contributed by atoms with van der Waals surface area (Å²) in [6, 6.07) is 12.6. The van der Waals surface area contributed by atoms with Gasteiger partial charge >= 0.3 is 6.03 Å². The van der Waals surface area contributed by atoms with Gasteiger partial charge in [0, 0.05) is 17.0 Å². The lowest BCUT2D eigenvalue weighted by Gasteiger charge is -2.24. The molecule has 0 spiro atoms. The number of imide groups is 1. The number of nitrogens with zero attached hydrogens (tertiary/aromatic N) is 2. The topological polar surface area (TPSA) is 84.5 Å². The fourth-order valence-electron chi connectivity index (χ4n) is 4.45. The van der Waals surface area contributed by atoms with Crippen LogP contribution in [0.15, 0.2) is 53.1 Å². The number of hydrogen-bond acceptors (Lipinski definition) is 4. The SMILES string of the molecule is Cc1cc(C(=O)CN2C(=O)NC(C)(c3ccc(C(C)(C)C)cc3)C2=O)c(C)n1Cc1ccco1. The molecule has 1 saturated heterocycles. The molecule has 1 fully saturated rings. The molecule has 34 heavy (non-hydrogen) atoms. The minimum Gasteiger partial charge on any atom is -0.467 e. The van der Waals surface area contributed by atoms with E-state index in [9.17, 15) is 14.4 Å². The lowest BCUT2D eigenvalue weighted by Crippen LogP contribution is -2.41. The highest BCUT2D eigenvalue weighted by Crippen LogP contribution is 2.31. The molecule has 3 amide bonds. The third kappa shape index (κ3) is 4.06. The van der Waals surface area contributed by atoms with E-state index in [1.807, 2.05) is 54.8 Å². The van der Waals surface area contributed by atoms with Crippen molar-refractivity contribution in [3.8, 4) is 0 Å². The fourth-order valence-corrected chi connectivity index (χ4v) is 4.45. The van der Waals surface area contributed by atoms with Crippen LogP contribution in [0.3, 0.4) is 0 Å². The Bertz CT molecular complexity index is 1250. The van der Waals surface area contributed by atoms with E-state index in [0.717, 1.165) is 27.6 Å². The molecule has 0 bridgehead atoms. The largest absolute Gasteiger partial charge is 0.467 e. The predicted molar refractivity (Wildman–Crippen MR) is 129 cm³/mol. The molecule has 7 heteroatoms. The Hall–Kier alpha value is -3.61. The second-order valence-corrected chi connectivity index (χ2v) is 10.1. The molecule has 1 aliphatic rings. The highest BCUT2D eigenvalue weighted by Gasteiger charge is 2.49. The zero-order chi connectivity index (χ0) is 24.8. The van der Waals surface area contributed by atoms with Crippen molar-refractivity contribution in [2.75, 3.05) is 6.54 Å². The van der Waals surface area contributed by atoms with E-state index >= 15 is 0 Å². The van der Waals surface area contributed by atoms with E-state index < -0.39 is 17.5 Å². The number of urea groups is 1. The number of carbonyl (C=O) groups excluding carboxylic acids is 3. The van der Waals surface area contributed by atoms with Gasteiger partial charge in [0.25, 0.3) is 5.91 Å². The zero-order valence-corrected chi connectivity index (χ0v) is 20.6. The Balaban J connectivity index is 1.54. The number of aromatic nitrogens is 1. The average Bonchev–Trinajstić information content (AvgIpc) is 3.45. The lowest BCUT2D eigenvalue weighted by molar-refractivity contribution is -0.130. The van der Waals surface area contributed by atoms with Gasteiger partial charge in [0.15, 0.2) is 5.78 Å². The lowest BCUT2D eigenvalue weighted by atomic mass is 9.84. The number of amides is 3. The molecule has 0 radical (unpaired) electrons. The van der Waals surface area contributed by atoms with Gasteiger partial charge < -0.3 is 14.3 Å². The summed E-state index contributed by atoms with van der Waals surface area (Å²) in [6.45, 7) is 12.0. The first-order chi connectivity index (χ1) is 15.9. The van der Waals surface area contributed by atoms with E-state index in [2.05, 4.69) is 26.1 Å². The van der Waals surface area contributed by atoms with Crippen LogP contribution in [0.4, 0.5) is 4.79 Å². The highest BCUT2D eigenvalue weighted by atomic mass is 16.3. The maximum absolute atomic E-state index is 13.3. The van der Waals surface area contributed by atoms with Gasteiger partial charge in [-0.3, -0.25) is 14.5 Å². The van der Waals surface area contributed by atoms with Gasteiger partial charge in [-0.15, -0.1) is 0 Å². The molecule has 2 aromatic heterocycles. The quantitative estimate of drug-likeness (QED) is 0.426. The third-order valence-electron chi connectivity index (χ3n) is 6.67. The summed E-state index contributed by atoms with van der Waals surface area (Å²) in [5, 5.41) is 2.79. The van der Waals surface area contributed by atoms with Gasteiger partial charge in [0.05, 0.1) is 19.4 Å². The van der Waals surface area contributed by atoms with Gasteiger partial charge in [0.2, 0.25) is 0 Å². The van der Waals surface area contributed by atoms with E-state index in [4.69, 9.17) is 4.42 Å². The number of aryl methyl sites for hydroxylation is 1. The summed E-state index contributed by atoms with van der Waals surface area (Å²) in [4.78, 5) is 40.3. The first kappa shape index (κ1) is 23.5. The average molecular weight is 462 g/mol. The molecule has 1 unspecified atom stereocenters. The van der Waals surface area contributed by atoms with Crippen molar-refractivity contribution >= 4 is 17.7 Å². The van der Waals surface area contributed by atoms with Crippen LogP contribution in [0.5, 0.6) is 0 Å². The summed E-state index contributed by atoms with van der Waals surface area (Å²) in [5.74, 6) is 0.0662.